The molecule has 0 saturated carbocycles. The van der Waals surface area contributed by atoms with Crippen molar-refractivity contribution >= 4 is 23.9 Å². The van der Waals surface area contributed by atoms with Crippen molar-refractivity contribution < 1.29 is 33.5 Å². The van der Waals surface area contributed by atoms with Crippen molar-refractivity contribution in [1.29, 1.82) is 0 Å². The van der Waals surface area contributed by atoms with Crippen molar-refractivity contribution in [2.75, 3.05) is 13.2 Å². The molecule has 2 N–H and O–H groups in total. The summed E-state index contributed by atoms with van der Waals surface area (Å²) in [4.78, 5) is 35.7. The second-order valence-corrected chi connectivity index (χ2v) is 10.3. The maximum Gasteiger partial charge on any atom is 0.408 e. The van der Waals surface area contributed by atoms with Crippen LogP contribution in [-0.4, -0.2) is 48.0 Å². The second-order valence-electron chi connectivity index (χ2n) is 10.3. The largest absolute Gasteiger partial charge is 0.490 e. The van der Waals surface area contributed by atoms with Gasteiger partial charge < -0.3 is 24.3 Å². The SMILES string of the molecule is CCOc1cc(/C=N\NC(=O)[C@H](COCc2ccccc2)NC(=O)OC(C)(C)C)ccc1OCc1ccc([N+](=O)[O-])cc1. The highest BCUT2D eigenvalue weighted by atomic mass is 16.6. The molecule has 0 spiro atoms. The van der Waals surface area contributed by atoms with Gasteiger partial charge in [-0.15, -0.1) is 0 Å². The first kappa shape index (κ1) is 32.5. The summed E-state index contributed by atoms with van der Waals surface area (Å²) >= 11 is 0. The molecule has 43 heavy (non-hydrogen) atoms. The number of alkyl carbamates (subject to hydrolysis) is 1. The predicted octanol–water partition coefficient (Wildman–Crippen LogP) is 5.13. The lowest BCUT2D eigenvalue weighted by Gasteiger charge is -2.22. The Bertz CT molecular complexity index is 1390. The Morgan fingerprint density at radius 1 is 0.953 bits per heavy atom. The van der Waals surface area contributed by atoms with Crippen LogP contribution in [0.1, 0.15) is 44.4 Å². The fourth-order valence-corrected chi connectivity index (χ4v) is 3.62. The number of nitro groups is 1. The maximum atomic E-state index is 12.9. The van der Waals surface area contributed by atoms with E-state index in [4.69, 9.17) is 18.9 Å². The highest BCUT2D eigenvalue weighted by Gasteiger charge is 2.24. The highest BCUT2D eigenvalue weighted by Crippen LogP contribution is 2.29. The van der Waals surface area contributed by atoms with Gasteiger partial charge in [0.2, 0.25) is 0 Å². The summed E-state index contributed by atoms with van der Waals surface area (Å²) in [6.07, 6.45) is 0.668. The molecule has 0 aliphatic rings. The van der Waals surface area contributed by atoms with Crippen molar-refractivity contribution in [3.63, 3.8) is 0 Å². The molecular weight excluding hydrogens is 556 g/mol. The molecule has 228 valence electrons. The van der Waals surface area contributed by atoms with Crippen molar-refractivity contribution in [3.8, 4) is 11.5 Å². The molecule has 1 atom stereocenters. The molecule has 0 fully saturated rings. The second kappa shape index (κ2) is 15.9. The topological polar surface area (TPSA) is 151 Å². The minimum atomic E-state index is -1.06. The van der Waals surface area contributed by atoms with Gasteiger partial charge in [0, 0.05) is 12.1 Å². The van der Waals surface area contributed by atoms with Gasteiger partial charge in [-0.3, -0.25) is 14.9 Å². The number of rotatable bonds is 14. The van der Waals surface area contributed by atoms with Gasteiger partial charge in [0.05, 0.1) is 31.0 Å². The van der Waals surface area contributed by atoms with Gasteiger partial charge in [-0.25, -0.2) is 10.2 Å². The molecule has 0 aliphatic carbocycles. The molecule has 0 saturated heterocycles. The molecule has 0 aromatic heterocycles. The summed E-state index contributed by atoms with van der Waals surface area (Å²) in [5, 5.41) is 17.4. The average molecular weight is 593 g/mol. The first-order valence-corrected chi connectivity index (χ1v) is 13.6. The number of carbonyl (C=O) groups is 2. The first-order chi connectivity index (χ1) is 20.5. The number of nitrogens with zero attached hydrogens (tertiary/aromatic N) is 2. The molecule has 2 amide bonds. The molecule has 12 nitrogen and oxygen atoms in total. The number of nitro benzene ring substituents is 1. The highest BCUT2D eigenvalue weighted by molar-refractivity contribution is 5.87. The fourth-order valence-electron chi connectivity index (χ4n) is 3.62. The van der Waals surface area contributed by atoms with Crippen LogP contribution in [0.4, 0.5) is 10.5 Å². The van der Waals surface area contributed by atoms with E-state index in [2.05, 4.69) is 15.8 Å². The molecule has 0 radical (unpaired) electrons. The van der Waals surface area contributed by atoms with E-state index in [-0.39, 0.29) is 25.5 Å². The molecule has 3 aromatic carbocycles. The third-order valence-electron chi connectivity index (χ3n) is 5.60. The molecule has 12 heteroatoms. The average Bonchev–Trinajstić information content (AvgIpc) is 2.96. The van der Waals surface area contributed by atoms with E-state index in [9.17, 15) is 19.7 Å². The number of hydrogen-bond acceptors (Lipinski definition) is 9. The molecule has 3 aromatic rings. The van der Waals surface area contributed by atoms with Crippen LogP contribution < -0.4 is 20.2 Å². The van der Waals surface area contributed by atoms with E-state index in [0.29, 0.717) is 23.7 Å². The lowest BCUT2D eigenvalue weighted by atomic mass is 10.2. The lowest BCUT2D eigenvalue weighted by Crippen LogP contribution is -2.49. The third-order valence-corrected chi connectivity index (χ3v) is 5.60. The van der Waals surface area contributed by atoms with Crippen molar-refractivity contribution in [3.05, 3.63) is 99.6 Å². The van der Waals surface area contributed by atoms with Crippen LogP contribution in [0.15, 0.2) is 77.9 Å². The summed E-state index contributed by atoms with van der Waals surface area (Å²) in [6.45, 7) is 7.71. The summed E-state index contributed by atoms with van der Waals surface area (Å²) in [7, 11) is 0. The first-order valence-electron chi connectivity index (χ1n) is 13.6. The van der Waals surface area contributed by atoms with Crippen LogP contribution in [0.2, 0.25) is 0 Å². The van der Waals surface area contributed by atoms with Gasteiger partial charge in [0.15, 0.2) is 11.5 Å². The molecule has 3 rings (SSSR count). The monoisotopic (exact) mass is 592 g/mol. The Morgan fingerprint density at radius 2 is 1.65 bits per heavy atom. The molecule has 0 heterocycles. The van der Waals surface area contributed by atoms with E-state index in [1.54, 1.807) is 51.1 Å². The number of non-ortho nitro benzene ring substituents is 1. The van der Waals surface area contributed by atoms with E-state index in [1.165, 1.54) is 18.3 Å². The van der Waals surface area contributed by atoms with Crippen LogP contribution >= 0.6 is 0 Å². The number of carbonyl (C=O) groups excluding carboxylic acids is 2. The zero-order valence-corrected chi connectivity index (χ0v) is 24.6. The fraction of sp³-hybridized carbons (Fsp3) is 0.323. The van der Waals surface area contributed by atoms with E-state index in [1.807, 2.05) is 37.3 Å². The normalized spacial score (nSPS) is 11.9. The number of ether oxygens (including phenoxy) is 4. The Labute approximate surface area is 250 Å². The molecule has 0 aliphatic heterocycles. The number of hydrogen-bond donors (Lipinski definition) is 2. The summed E-state index contributed by atoms with van der Waals surface area (Å²) < 4.78 is 22.5. The third kappa shape index (κ3) is 11.4. The van der Waals surface area contributed by atoms with E-state index < -0.39 is 28.6 Å². The standard InChI is InChI=1S/C31H36N4O8/c1-5-41-28-17-24(13-16-27(28)42-20-23-11-14-25(15-12-23)35(38)39)18-32-34-29(36)26(33-30(37)43-31(2,3)4)21-40-19-22-9-7-6-8-10-22/h6-18,26H,5,19-21H2,1-4H3,(H,33,37)(H,34,36)/b32-18-/t26-/m0/s1. The van der Waals surface area contributed by atoms with Crippen molar-refractivity contribution in [1.82, 2.24) is 10.7 Å². The molecule has 0 unspecified atom stereocenters. The van der Waals surface area contributed by atoms with Crippen molar-refractivity contribution in [2.45, 2.75) is 52.6 Å². The molecule has 0 bridgehead atoms. The lowest BCUT2D eigenvalue weighted by molar-refractivity contribution is -0.384. The summed E-state index contributed by atoms with van der Waals surface area (Å²) in [5.74, 6) is 0.334. The number of hydrazone groups is 1. The minimum absolute atomic E-state index is 0.00105. The van der Waals surface area contributed by atoms with Crippen LogP contribution in [0, 0.1) is 10.1 Å². The van der Waals surface area contributed by atoms with Crippen LogP contribution in [0.25, 0.3) is 0 Å². The van der Waals surface area contributed by atoms with Crippen LogP contribution in [0.3, 0.4) is 0 Å². The van der Waals surface area contributed by atoms with Gasteiger partial charge in [-0.2, -0.15) is 5.10 Å². The van der Waals surface area contributed by atoms with Crippen LogP contribution in [-0.2, 0) is 27.5 Å². The van der Waals surface area contributed by atoms with E-state index >= 15 is 0 Å². The number of amides is 2. The van der Waals surface area contributed by atoms with Crippen molar-refractivity contribution in [2.24, 2.45) is 5.10 Å². The number of nitrogens with one attached hydrogen (secondary N) is 2. The zero-order valence-electron chi connectivity index (χ0n) is 24.6. The Balaban J connectivity index is 1.62. The van der Waals surface area contributed by atoms with Gasteiger partial charge in [-0.05, 0) is 74.7 Å². The van der Waals surface area contributed by atoms with Crippen LogP contribution in [0.5, 0.6) is 11.5 Å². The smallest absolute Gasteiger partial charge is 0.408 e. The van der Waals surface area contributed by atoms with Gasteiger partial charge in [0.25, 0.3) is 11.6 Å². The summed E-state index contributed by atoms with van der Waals surface area (Å²) in [5.41, 5.74) is 3.98. The quantitative estimate of drug-likeness (QED) is 0.149. The minimum Gasteiger partial charge on any atom is -0.490 e. The van der Waals surface area contributed by atoms with Gasteiger partial charge >= 0.3 is 6.09 Å². The van der Waals surface area contributed by atoms with Gasteiger partial charge in [0.1, 0.15) is 18.2 Å². The zero-order chi connectivity index (χ0) is 31.2. The Hall–Kier alpha value is -4.97. The van der Waals surface area contributed by atoms with Gasteiger partial charge in [-0.1, -0.05) is 30.3 Å². The Morgan fingerprint density at radius 3 is 2.30 bits per heavy atom. The Kier molecular flexibility index (Phi) is 12.0. The predicted molar refractivity (Wildman–Crippen MR) is 160 cm³/mol. The van der Waals surface area contributed by atoms with E-state index in [0.717, 1.165) is 11.1 Å². The number of benzene rings is 3. The molecular formula is C31H36N4O8. The maximum absolute atomic E-state index is 12.9. The summed E-state index contributed by atoms with van der Waals surface area (Å²) in [6, 6.07) is 19.6.